The number of rotatable bonds is 1. The quantitative estimate of drug-likeness (QED) is 0.808. The molecular weight excluding hydrogens is 263 g/mol. The van der Waals surface area contributed by atoms with Crippen LogP contribution in [0.3, 0.4) is 0 Å². The van der Waals surface area contributed by atoms with Crippen LogP contribution in [0.1, 0.15) is 12.0 Å². The summed E-state index contributed by atoms with van der Waals surface area (Å²) in [5.41, 5.74) is 0.691. The normalized spacial score (nSPS) is 15.3. The fourth-order valence-corrected chi connectivity index (χ4v) is 2.20. The predicted octanol–water partition coefficient (Wildman–Crippen LogP) is 2.00. The number of hydrogen-bond donors (Lipinski definition) is 1. The van der Waals surface area contributed by atoms with E-state index in [4.69, 9.17) is 10.8 Å². The van der Waals surface area contributed by atoms with Crippen molar-refractivity contribution >= 4 is 28.6 Å². The molecule has 1 aliphatic heterocycles. The molecule has 0 atom stereocenters. The Bertz CT molecular complexity index is 773. The maximum Gasteiger partial charge on any atom is 0.328 e. The Balaban J connectivity index is 2.12. The second-order valence-corrected chi connectivity index (χ2v) is 4.32. The van der Waals surface area contributed by atoms with Gasteiger partial charge in [0.05, 0.1) is 5.69 Å². The van der Waals surface area contributed by atoms with Crippen molar-refractivity contribution in [3.63, 3.8) is 0 Å². The molecule has 5 nitrogen and oxygen atoms in total. The van der Waals surface area contributed by atoms with E-state index in [2.05, 4.69) is 11.2 Å². The number of halogens is 1. The van der Waals surface area contributed by atoms with Crippen LogP contribution >= 0.6 is 0 Å². The van der Waals surface area contributed by atoms with Gasteiger partial charge in [0.25, 0.3) is 0 Å². The number of urea groups is 1. The molecule has 1 N–H and O–H groups in total. The van der Waals surface area contributed by atoms with Gasteiger partial charge in [-0.25, -0.2) is 9.18 Å². The highest BCUT2D eigenvalue weighted by Crippen LogP contribution is 2.33. The van der Waals surface area contributed by atoms with Gasteiger partial charge in [-0.3, -0.25) is 15.0 Å². The van der Waals surface area contributed by atoms with E-state index in [1.807, 2.05) is 0 Å². The van der Waals surface area contributed by atoms with Gasteiger partial charge in [0.2, 0.25) is 5.91 Å². The molecule has 1 aliphatic rings. The molecule has 100 valence electrons. The first-order valence-corrected chi connectivity index (χ1v) is 5.89. The molecule has 1 fully saturated rings. The van der Waals surface area contributed by atoms with Gasteiger partial charge in [0.15, 0.2) is 5.58 Å². The topological polar surface area (TPSA) is 62.6 Å². The van der Waals surface area contributed by atoms with Crippen molar-refractivity contribution in [2.45, 2.75) is 6.42 Å². The smallest absolute Gasteiger partial charge is 0.328 e. The zero-order chi connectivity index (χ0) is 14.3. The zero-order valence-electron chi connectivity index (χ0n) is 10.3. The number of imide groups is 1. The van der Waals surface area contributed by atoms with E-state index < -0.39 is 11.8 Å². The highest BCUT2D eigenvalue weighted by molar-refractivity contribution is 6.09. The van der Waals surface area contributed by atoms with Crippen molar-refractivity contribution in [3.8, 4) is 12.3 Å². The lowest BCUT2D eigenvalue weighted by Crippen LogP contribution is -2.49. The third kappa shape index (κ3) is 1.72. The summed E-state index contributed by atoms with van der Waals surface area (Å²) in [6.07, 6.45) is 6.79. The number of fused-ring (bicyclic) bond motifs is 1. The number of nitrogens with zero attached hydrogens (tertiary/aromatic N) is 1. The molecule has 0 saturated carbocycles. The minimum Gasteiger partial charge on any atom is -0.461 e. The lowest BCUT2D eigenvalue weighted by atomic mass is 10.1. The maximum absolute atomic E-state index is 13.6. The third-order valence-electron chi connectivity index (χ3n) is 3.16. The Morgan fingerprint density at radius 3 is 2.90 bits per heavy atom. The predicted molar refractivity (Wildman–Crippen MR) is 69.6 cm³/mol. The molecule has 1 aromatic heterocycles. The molecule has 20 heavy (non-hydrogen) atoms. The van der Waals surface area contributed by atoms with Gasteiger partial charge in [-0.2, -0.15) is 0 Å². The number of carbonyl (C=O) groups excluding carboxylic acids is 2. The van der Waals surface area contributed by atoms with E-state index in [-0.39, 0.29) is 30.0 Å². The van der Waals surface area contributed by atoms with Gasteiger partial charge in [-0.05, 0) is 12.1 Å². The molecule has 1 aromatic carbocycles. The SMILES string of the molecule is C#Cc1c(F)ccc2c(N3CCC(=O)NC3=O)coc12. The second kappa shape index (κ2) is 4.38. The number of nitrogens with one attached hydrogen (secondary N) is 1. The average molecular weight is 272 g/mol. The van der Waals surface area contributed by atoms with Gasteiger partial charge in [-0.1, -0.05) is 5.92 Å². The summed E-state index contributed by atoms with van der Waals surface area (Å²) in [5.74, 6) is 1.35. The van der Waals surface area contributed by atoms with Crippen molar-refractivity contribution in [2.75, 3.05) is 11.4 Å². The number of furan rings is 1. The van der Waals surface area contributed by atoms with Gasteiger partial charge >= 0.3 is 6.03 Å². The van der Waals surface area contributed by atoms with Crippen LogP contribution in [-0.2, 0) is 4.79 Å². The summed E-state index contributed by atoms with van der Waals surface area (Å²) in [5, 5.41) is 2.75. The maximum atomic E-state index is 13.6. The minimum absolute atomic E-state index is 0.0160. The van der Waals surface area contributed by atoms with Gasteiger partial charge in [0, 0.05) is 18.4 Å². The molecule has 2 aromatic rings. The lowest BCUT2D eigenvalue weighted by Gasteiger charge is -2.25. The number of amides is 3. The van der Waals surface area contributed by atoms with E-state index in [1.54, 1.807) is 0 Å². The standard InChI is InChI=1S/C14H9FN2O3/c1-2-8-10(15)4-3-9-11(7-20-13(8)9)17-6-5-12(18)16-14(17)19/h1,3-4,7H,5-6H2,(H,16,18,19). The summed E-state index contributed by atoms with van der Waals surface area (Å²) in [6.45, 7) is 0.238. The molecule has 0 aliphatic carbocycles. The Morgan fingerprint density at radius 1 is 1.40 bits per heavy atom. The Hall–Kier alpha value is -2.81. The largest absolute Gasteiger partial charge is 0.461 e. The van der Waals surface area contributed by atoms with Gasteiger partial charge in [-0.15, -0.1) is 6.42 Å². The third-order valence-corrected chi connectivity index (χ3v) is 3.16. The van der Waals surface area contributed by atoms with E-state index in [0.717, 1.165) is 0 Å². The lowest BCUT2D eigenvalue weighted by molar-refractivity contribution is -0.120. The van der Waals surface area contributed by atoms with Crippen molar-refractivity contribution in [2.24, 2.45) is 0 Å². The van der Waals surface area contributed by atoms with E-state index in [1.165, 1.54) is 23.3 Å². The van der Waals surface area contributed by atoms with Crippen LogP contribution in [-0.4, -0.2) is 18.5 Å². The molecule has 6 heteroatoms. The molecule has 0 spiro atoms. The van der Waals surface area contributed by atoms with E-state index in [0.29, 0.717) is 11.1 Å². The Kier molecular flexibility index (Phi) is 2.68. The number of terminal acetylenes is 1. The number of benzene rings is 1. The molecule has 3 rings (SSSR count). The summed E-state index contributed by atoms with van der Waals surface area (Å²) in [6, 6.07) is 2.19. The van der Waals surface area contributed by atoms with E-state index >= 15 is 0 Å². The fraction of sp³-hybridized carbons (Fsp3) is 0.143. The Labute approximate surface area is 113 Å². The van der Waals surface area contributed by atoms with Crippen LogP contribution in [0.25, 0.3) is 11.0 Å². The van der Waals surface area contributed by atoms with Crippen LogP contribution in [0.4, 0.5) is 14.9 Å². The zero-order valence-corrected chi connectivity index (χ0v) is 10.3. The van der Waals surface area contributed by atoms with Crippen LogP contribution < -0.4 is 10.2 Å². The molecule has 0 radical (unpaired) electrons. The average Bonchev–Trinajstić information content (AvgIpc) is 2.82. The van der Waals surface area contributed by atoms with Crippen LogP contribution in [0.15, 0.2) is 22.8 Å². The molecule has 1 saturated heterocycles. The molecule has 0 unspecified atom stereocenters. The second-order valence-electron chi connectivity index (χ2n) is 4.32. The van der Waals surface area contributed by atoms with Gasteiger partial charge < -0.3 is 4.42 Å². The Morgan fingerprint density at radius 2 is 2.20 bits per heavy atom. The fourth-order valence-electron chi connectivity index (χ4n) is 2.20. The first-order valence-electron chi connectivity index (χ1n) is 5.89. The molecule has 0 bridgehead atoms. The molecule has 2 heterocycles. The van der Waals surface area contributed by atoms with Crippen molar-refractivity contribution in [3.05, 3.63) is 29.8 Å². The van der Waals surface area contributed by atoms with Crippen LogP contribution in [0.2, 0.25) is 0 Å². The summed E-state index contributed by atoms with van der Waals surface area (Å²) < 4.78 is 18.9. The van der Waals surface area contributed by atoms with E-state index in [9.17, 15) is 14.0 Å². The minimum atomic E-state index is -0.556. The number of anilines is 1. The first-order chi connectivity index (χ1) is 9.61. The van der Waals surface area contributed by atoms with Crippen molar-refractivity contribution in [1.29, 1.82) is 0 Å². The van der Waals surface area contributed by atoms with Crippen LogP contribution in [0, 0.1) is 18.2 Å². The monoisotopic (exact) mass is 272 g/mol. The van der Waals surface area contributed by atoms with Crippen molar-refractivity contribution < 1.29 is 18.4 Å². The number of hydrogen-bond acceptors (Lipinski definition) is 3. The van der Waals surface area contributed by atoms with Gasteiger partial charge in [0.1, 0.15) is 17.6 Å². The highest BCUT2D eigenvalue weighted by atomic mass is 19.1. The first kappa shape index (κ1) is 12.2. The summed E-state index contributed by atoms with van der Waals surface area (Å²) in [4.78, 5) is 24.3. The summed E-state index contributed by atoms with van der Waals surface area (Å²) in [7, 11) is 0. The van der Waals surface area contributed by atoms with Crippen molar-refractivity contribution in [1.82, 2.24) is 5.32 Å². The van der Waals surface area contributed by atoms with Crippen LogP contribution in [0.5, 0.6) is 0 Å². The molecule has 3 amide bonds. The number of carbonyl (C=O) groups is 2. The summed E-state index contributed by atoms with van der Waals surface area (Å²) >= 11 is 0. The highest BCUT2D eigenvalue weighted by Gasteiger charge is 2.27. The molecular formula is C14H9FN2O3.